The highest BCUT2D eigenvalue weighted by atomic mass is 16.3. The summed E-state index contributed by atoms with van der Waals surface area (Å²) in [5.74, 6) is 0. The molecule has 0 heterocycles. The Balaban J connectivity index is 3.36. The first-order valence-corrected chi connectivity index (χ1v) is 2.40. The van der Waals surface area contributed by atoms with Gasteiger partial charge in [-0.1, -0.05) is 13.8 Å². The lowest BCUT2D eigenvalue weighted by Crippen LogP contribution is -2.26. The van der Waals surface area contributed by atoms with E-state index in [-0.39, 0.29) is 12.0 Å². The van der Waals surface area contributed by atoms with E-state index < -0.39 is 0 Å². The van der Waals surface area contributed by atoms with E-state index in [1.165, 1.54) is 0 Å². The number of hydrogen-bond acceptors (Lipinski definition) is 1. The van der Waals surface area contributed by atoms with Gasteiger partial charge in [0.05, 0.1) is 6.61 Å². The van der Waals surface area contributed by atoms with Gasteiger partial charge in [-0.15, -0.1) is 0 Å². The first-order valence-electron chi connectivity index (χ1n) is 2.40. The van der Waals surface area contributed by atoms with Gasteiger partial charge in [-0.25, -0.2) is 5.11 Å². The zero-order valence-electron chi connectivity index (χ0n) is 4.90. The van der Waals surface area contributed by atoms with Gasteiger partial charge in [0.2, 0.25) is 0 Å². The van der Waals surface area contributed by atoms with Crippen LogP contribution in [0.25, 0.3) is 0 Å². The summed E-state index contributed by atoms with van der Waals surface area (Å²) in [4.78, 5) is 0. The second-order valence-electron chi connectivity index (χ2n) is 2.51. The maximum atomic E-state index is 10.1. The van der Waals surface area contributed by atoms with E-state index in [9.17, 15) is 5.11 Å². The fraction of sp³-hybridized carbons (Fsp3) is 1.00. The van der Waals surface area contributed by atoms with Crippen molar-refractivity contribution in [1.29, 1.82) is 0 Å². The van der Waals surface area contributed by atoms with E-state index in [2.05, 4.69) is 0 Å². The van der Waals surface area contributed by atoms with Crippen molar-refractivity contribution in [2.24, 2.45) is 11.1 Å². The van der Waals surface area contributed by atoms with Gasteiger partial charge in [0.1, 0.15) is 0 Å². The van der Waals surface area contributed by atoms with Gasteiger partial charge in [0, 0.05) is 5.41 Å². The summed E-state index contributed by atoms with van der Waals surface area (Å²) < 4.78 is 0. The maximum absolute atomic E-state index is 10.1. The number of rotatable bonds is 2. The van der Waals surface area contributed by atoms with E-state index in [0.29, 0.717) is 6.54 Å². The minimum absolute atomic E-state index is 0.0799. The standard InChI is InChI=1S/C5H12NO/c1-5(2,3-6)4-7/h3-4,6H2,1-2H3. The molecule has 0 aromatic rings. The van der Waals surface area contributed by atoms with Crippen LogP contribution in [0.2, 0.25) is 0 Å². The molecule has 43 valence electrons. The summed E-state index contributed by atoms with van der Waals surface area (Å²) in [6, 6.07) is 0. The van der Waals surface area contributed by atoms with Gasteiger partial charge >= 0.3 is 0 Å². The Morgan fingerprint density at radius 3 is 2.00 bits per heavy atom. The Kier molecular flexibility index (Phi) is 2.26. The third-order valence-electron chi connectivity index (χ3n) is 0.943. The second kappa shape index (κ2) is 2.28. The zero-order chi connectivity index (χ0) is 5.91. The molecule has 0 saturated carbocycles. The molecular weight excluding hydrogens is 90.1 g/mol. The smallest absolute Gasteiger partial charge is 0.0885 e. The molecular formula is C5H12NO. The summed E-state index contributed by atoms with van der Waals surface area (Å²) in [6.07, 6.45) is 0. The van der Waals surface area contributed by atoms with Gasteiger partial charge in [-0.3, -0.25) is 0 Å². The van der Waals surface area contributed by atoms with Crippen LogP contribution in [0.1, 0.15) is 13.8 Å². The van der Waals surface area contributed by atoms with E-state index in [4.69, 9.17) is 5.73 Å². The van der Waals surface area contributed by atoms with Crippen LogP contribution in [-0.4, -0.2) is 13.2 Å². The van der Waals surface area contributed by atoms with E-state index >= 15 is 0 Å². The van der Waals surface area contributed by atoms with Gasteiger partial charge < -0.3 is 5.73 Å². The molecule has 0 saturated heterocycles. The van der Waals surface area contributed by atoms with E-state index in [0.717, 1.165) is 0 Å². The molecule has 0 amide bonds. The fourth-order valence-corrected chi connectivity index (χ4v) is 0.0589. The van der Waals surface area contributed by atoms with E-state index in [1.54, 1.807) is 0 Å². The average Bonchev–Trinajstić information content (AvgIpc) is 1.68. The summed E-state index contributed by atoms with van der Waals surface area (Å²) in [6.45, 7) is 4.12. The Morgan fingerprint density at radius 1 is 1.57 bits per heavy atom. The quantitative estimate of drug-likeness (QED) is 0.539. The maximum Gasteiger partial charge on any atom is 0.0885 e. The van der Waals surface area contributed by atoms with Gasteiger partial charge in [-0.05, 0) is 6.54 Å². The lowest BCUT2D eigenvalue weighted by Gasteiger charge is -2.15. The molecule has 0 aliphatic carbocycles. The molecule has 0 aromatic heterocycles. The SMILES string of the molecule is CC(C)(CN)C[O]. The molecule has 0 fully saturated rings. The van der Waals surface area contributed by atoms with Crippen molar-refractivity contribution in [3.05, 3.63) is 0 Å². The Morgan fingerprint density at radius 2 is 2.00 bits per heavy atom. The molecule has 0 aliphatic heterocycles. The number of nitrogens with two attached hydrogens (primary N) is 1. The lowest BCUT2D eigenvalue weighted by molar-refractivity contribution is 0.0987. The summed E-state index contributed by atoms with van der Waals surface area (Å²) in [7, 11) is 0. The minimum Gasteiger partial charge on any atom is -0.330 e. The van der Waals surface area contributed by atoms with Crippen LogP contribution >= 0.6 is 0 Å². The highest BCUT2D eigenvalue weighted by Gasteiger charge is 2.13. The van der Waals surface area contributed by atoms with Gasteiger partial charge in [0.15, 0.2) is 0 Å². The van der Waals surface area contributed by atoms with Crippen LogP contribution in [0.4, 0.5) is 0 Å². The Bertz CT molecular complexity index is 46.0. The minimum atomic E-state index is -0.194. The van der Waals surface area contributed by atoms with Crippen LogP contribution in [0, 0.1) is 5.41 Å². The molecule has 0 spiro atoms. The predicted octanol–water partition coefficient (Wildman–Crippen LogP) is 0.402. The molecule has 0 bridgehead atoms. The second-order valence-corrected chi connectivity index (χ2v) is 2.51. The third kappa shape index (κ3) is 2.60. The molecule has 0 atom stereocenters. The molecule has 2 nitrogen and oxygen atoms in total. The Labute approximate surface area is 44.3 Å². The van der Waals surface area contributed by atoms with Crippen LogP contribution in [0.15, 0.2) is 0 Å². The normalized spacial score (nSPS) is 12.0. The van der Waals surface area contributed by atoms with Crippen LogP contribution in [-0.2, 0) is 5.11 Å². The number of hydrogen-bond donors (Lipinski definition) is 1. The van der Waals surface area contributed by atoms with Crippen LogP contribution in [0.5, 0.6) is 0 Å². The first kappa shape index (κ1) is 6.92. The van der Waals surface area contributed by atoms with Crippen molar-refractivity contribution < 1.29 is 5.11 Å². The molecule has 0 rings (SSSR count). The molecule has 7 heavy (non-hydrogen) atoms. The predicted molar refractivity (Wildman–Crippen MR) is 28.4 cm³/mol. The first-order chi connectivity index (χ1) is 3.12. The van der Waals surface area contributed by atoms with Crippen molar-refractivity contribution in [1.82, 2.24) is 0 Å². The van der Waals surface area contributed by atoms with Crippen molar-refractivity contribution in [2.45, 2.75) is 13.8 Å². The van der Waals surface area contributed by atoms with Crippen molar-refractivity contribution in [3.8, 4) is 0 Å². The lowest BCUT2D eigenvalue weighted by atomic mass is 9.96. The van der Waals surface area contributed by atoms with Crippen LogP contribution in [0.3, 0.4) is 0 Å². The molecule has 0 unspecified atom stereocenters. The molecule has 0 aromatic carbocycles. The van der Waals surface area contributed by atoms with Crippen LogP contribution < -0.4 is 5.73 Å². The average molecular weight is 102 g/mol. The summed E-state index contributed by atoms with van der Waals surface area (Å²) in [5, 5.41) is 10.1. The van der Waals surface area contributed by atoms with Gasteiger partial charge in [-0.2, -0.15) is 0 Å². The topological polar surface area (TPSA) is 45.9 Å². The zero-order valence-corrected chi connectivity index (χ0v) is 4.90. The molecule has 0 aliphatic rings. The molecule has 1 radical (unpaired) electrons. The van der Waals surface area contributed by atoms with Crippen molar-refractivity contribution in [3.63, 3.8) is 0 Å². The largest absolute Gasteiger partial charge is 0.330 e. The summed E-state index contributed by atoms with van der Waals surface area (Å²) in [5.41, 5.74) is 5.02. The monoisotopic (exact) mass is 102 g/mol. The summed E-state index contributed by atoms with van der Waals surface area (Å²) >= 11 is 0. The molecule has 2 N–H and O–H groups in total. The third-order valence-corrected chi connectivity index (χ3v) is 0.943. The van der Waals surface area contributed by atoms with E-state index in [1.807, 2.05) is 13.8 Å². The molecule has 2 heteroatoms. The van der Waals surface area contributed by atoms with Crippen molar-refractivity contribution >= 4 is 0 Å². The Hall–Kier alpha value is -0.0800. The fourth-order valence-electron chi connectivity index (χ4n) is 0.0589. The van der Waals surface area contributed by atoms with Crippen molar-refractivity contribution in [2.75, 3.05) is 13.2 Å². The highest BCUT2D eigenvalue weighted by molar-refractivity contribution is 4.65. The highest BCUT2D eigenvalue weighted by Crippen LogP contribution is 2.09. The van der Waals surface area contributed by atoms with Gasteiger partial charge in [0.25, 0.3) is 0 Å².